The number of benzene rings is 2. The fraction of sp³-hybridized carbons (Fsp3) is 0.556. The van der Waals surface area contributed by atoms with E-state index in [1.807, 2.05) is 6.92 Å². The molecule has 2 aromatic carbocycles. The first kappa shape index (κ1) is 19.9. The van der Waals surface area contributed by atoms with Crippen molar-refractivity contribution in [2.45, 2.75) is 71.1 Å². The summed E-state index contributed by atoms with van der Waals surface area (Å²) in [5, 5.41) is 4.00. The average molecular weight is 406 g/mol. The van der Waals surface area contributed by atoms with E-state index in [2.05, 4.69) is 54.7 Å². The lowest BCUT2D eigenvalue weighted by Gasteiger charge is -2.57. The van der Waals surface area contributed by atoms with Gasteiger partial charge in [0, 0.05) is 12.1 Å². The minimum Gasteiger partial charge on any atom is -0.490 e. The molecule has 6 rings (SSSR count). The predicted molar refractivity (Wildman–Crippen MR) is 121 cm³/mol. The van der Waals surface area contributed by atoms with Gasteiger partial charge < -0.3 is 14.8 Å². The van der Waals surface area contributed by atoms with Crippen LogP contribution in [0.3, 0.4) is 0 Å². The fourth-order valence-electron chi connectivity index (χ4n) is 6.59. The van der Waals surface area contributed by atoms with Gasteiger partial charge in [0.2, 0.25) is 0 Å². The molecule has 4 fully saturated rings. The van der Waals surface area contributed by atoms with Crippen molar-refractivity contribution < 1.29 is 9.47 Å². The lowest BCUT2D eigenvalue weighted by atomic mass is 9.53. The van der Waals surface area contributed by atoms with Crippen LogP contribution in [0, 0.1) is 24.7 Å². The highest BCUT2D eigenvalue weighted by Gasteiger charge is 2.50. The second-order valence-electron chi connectivity index (χ2n) is 9.98. The van der Waals surface area contributed by atoms with Gasteiger partial charge in [0.25, 0.3) is 0 Å². The molecule has 0 aliphatic heterocycles. The first-order valence-corrected chi connectivity index (χ1v) is 11.8. The summed E-state index contributed by atoms with van der Waals surface area (Å²) in [6, 6.07) is 14.8. The molecule has 0 atom stereocenters. The van der Waals surface area contributed by atoms with Crippen LogP contribution in [0.15, 0.2) is 42.5 Å². The van der Waals surface area contributed by atoms with E-state index in [0.717, 1.165) is 35.8 Å². The zero-order valence-corrected chi connectivity index (χ0v) is 18.5. The van der Waals surface area contributed by atoms with Crippen LogP contribution in [0.1, 0.15) is 62.1 Å². The number of nitrogens with one attached hydrogen (secondary N) is 1. The van der Waals surface area contributed by atoms with Crippen molar-refractivity contribution in [1.29, 1.82) is 0 Å². The summed E-state index contributed by atoms with van der Waals surface area (Å²) < 4.78 is 12.1. The molecule has 0 spiro atoms. The van der Waals surface area contributed by atoms with Crippen LogP contribution >= 0.6 is 0 Å². The van der Waals surface area contributed by atoms with Gasteiger partial charge in [-0.05, 0) is 98.9 Å². The minimum atomic E-state index is 0.389. The molecule has 0 unspecified atom stereocenters. The van der Waals surface area contributed by atoms with Crippen LogP contribution < -0.4 is 14.8 Å². The van der Waals surface area contributed by atoms with Crippen LogP contribution in [0.2, 0.25) is 0 Å². The first-order valence-electron chi connectivity index (χ1n) is 11.8. The number of rotatable bonds is 8. The molecule has 0 amide bonds. The summed E-state index contributed by atoms with van der Waals surface area (Å²) in [6.45, 7) is 6.29. The van der Waals surface area contributed by atoms with Gasteiger partial charge in [0.15, 0.2) is 11.5 Å². The summed E-state index contributed by atoms with van der Waals surface area (Å²) in [7, 11) is 0. The molecule has 160 valence electrons. The highest BCUT2D eigenvalue weighted by molar-refractivity contribution is 5.43. The van der Waals surface area contributed by atoms with Crippen molar-refractivity contribution in [2.24, 2.45) is 17.8 Å². The van der Waals surface area contributed by atoms with E-state index in [-0.39, 0.29) is 0 Å². The molecule has 0 radical (unpaired) electrons. The third kappa shape index (κ3) is 4.09. The molecule has 4 bridgehead atoms. The van der Waals surface area contributed by atoms with Crippen molar-refractivity contribution >= 4 is 0 Å². The molecular weight excluding hydrogens is 370 g/mol. The molecule has 1 N–H and O–H groups in total. The summed E-state index contributed by atoms with van der Waals surface area (Å²) in [4.78, 5) is 0. The van der Waals surface area contributed by atoms with Gasteiger partial charge in [0.1, 0.15) is 6.61 Å². The van der Waals surface area contributed by atoms with Gasteiger partial charge in [-0.15, -0.1) is 0 Å². The second kappa shape index (κ2) is 8.26. The van der Waals surface area contributed by atoms with E-state index >= 15 is 0 Å². The highest BCUT2D eigenvalue weighted by atomic mass is 16.5. The maximum absolute atomic E-state index is 6.14. The van der Waals surface area contributed by atoms with Crippen LogP contribution in [-0.4, -0.2) is 12.1 Å². The van der Waals surface area contributed by atoms with Crippen molar-refractivity contribution in [3.05, 3.63) is 59.2 Å². The Morgan fingerprint density at radius 1 is 0.900 bits per heavy atom. The van der Waals surface area contributed by atoms with Gasteiger partial charge >= 0.3 is 0 Å². The number of hydrogen-bond acceptors (Lipinski definition) is 3. The summed E-state index contributed by atoms with van der Waals surface area (Å²) in [5.74, 6) is 4.61. The zero-order chi connectivity index (χ0) is 20.6. The molecular formula is C27H35NO2. The number of hydrogen-bond donors (Lipinski definition) is 1. The Hall–Kier alpha value is -2.00. The summed E-state index contributed by atoms with van der Waals surface area (Å²) in [5.41, 5.74) is 4.15. The fourth-order valence-corrected chi connectivity index (χ4v) is 6.59. The molecule has 3 nitrogen and oxygen atoms in total. The quantitative estimate of drug-likeness (QED) is 0.581. The zero-order valence-electron chi connectivity index (χ0n) is 18.5. The Balaban J connectivity index is 1.26. The van der Waals surface area contributed by atoms with E-state index in [4.69, 9.17) is 9.47 Å². The summed E-state index contributed by atoms with van der Waals surface area (Å²) >= 11 is 0. The third-order valence-electron chi connectivity index (χ3n) is 7.66. The van der Waals surface area contributed by atoms with Crippen molar-refractivity contribution in [1.82, 2.24) is 5.32 Å². The molecule has 0 saturated heterocycles. The standard InChI is InChI=1S/C27H35NO2/c1-3-29-26-13-20(8-9-25(26)30-18-24-7-5-4-6-19(24)2)17-28-27-14-21-10-22(15-27)12-23(11-21)16-27/h4-9,13,21-23,28H,3,10-12,14-18H2,1-2H3. The monoisotopic (exact) mass is 405 g/mol. The maximum Gasteiger partial charge on any atom is 0.161 e. The Labute approximate surface area is 181 Å². The third-order valence-corrected chi connectivity index (χ3v) is 7.66. The Bertz CT molecular complexity index is 855. The van der Waals surface area contributed by atoms with Crippen molar-refractivity contribution in [3.8, 4) is 11.5 Å². The van der Waals surface area contributed by atoms with Crippen molar-refractivity contribution in [3.63, 3.8) is 0 Å². The number of aryl methyl sites for hydroxylation is 1. The lowest BCUT2D eigenvalue weighted by molar-refractivity contribution is -0.0206. The molecule has 3 heteroatoms. The topological polar surface area (TPSA) is 30.5 Å². The smallest absolute Gasteiger partial charge is 0.161 e. The lowest BCUT2D eigenvalue weighted by Crippen LogP contribution is -2.58. The van der Waals surface area contributed by atoms with Gasteiger partial charge in [-0.1, -0.05) is 30.3 Å². The van der Waals surface area contributed by atoms with Gasteiger partial charge in [0.05, 0.1) is 6.61 Å². The normalized spacial score (nSPS) is 29.2. The maximum atomic E-state index is 6.14. The second-order valence-corrected chi connectivity index (χ2v) is 9.98. The van der Waals surface area contributed by atoms with Gasteiger partial charge in [-0.3, -0.25) is 0 Å². The van der Waals surface area contributed by atoms with Crippen molar-refractivity contribution in [2.75, 3.05) is 6.61 Å². The average Bonchev–Trinajstić information content (AvgIpc) is 2.72. The minimum absolute atomic E-state index is 0.389. The SMILES string of the molecule is CCOc1cc(CNC23CC4CC(CC(C4)C2)C3)ccc1OCc1ccccc1C. The number of ether oxygens (including phenoxy) is 2. The van der Waals surface area contributed by atoms with Gasteiger partial charge in [-0.2, -0.15) is 0 Å². The molecule has 4 aliphatic rings. The molecule has 0 heterocycles. The van der Waals surface area contributed by atoms with Crippen LogP contribution in [0.4, 0.5) is 0 Å². The van der Waals surface area contributed by atoms with Crippen LogP contribution in [0.25, 0.3) is 0 Å². The van der Waals surface area contributed by atoms with Crippen LogP contribution in [-0.2, 0) is 13.2 Å². The van der Waals surface area contributed by atoms with E-state index in [1.54, 1.807) is 0 Å². The Kier molecular flexibility index (Phi) is 5.49. The first-order chi connectivity index (χ1) is 14.6. The summed E-state index contributed by atoms with van der Waals surface area (Å²) in [6.07, 6.45) is 8.62. The molecule has 2 aromatic rings. The van der Waals surface area contributed by atoms with E-state index in [9.17, 15) is 0 Å². The molecule has 0 aromatic heterocycles. The predicted octanol–water partition coefficient (Wildman–Crippen LogP) is 6.03. The highest BCUT2D eigenvalue weighted by Crippen LogP contribution is 2.55. The Morgan fingerprint density at radius 2 is 1.60 bits per heavy atom. The van der Waals surface area contributed by atoms with Crippen LogP contribution in [0.5, 0.6) is 11.5 Å². The molecule has 4 saturated carbocycles. The molecule has 4 aliphatic carbocycles. The Morgan fingerprint density at radius 3 is 2.27 bits per heavy atom. The van der Waals surface area contributed by atoms with Gasteiger partial charge in [-0.25, -0.2) is 0 Å². The molecule has 30 heavy (non-hydrogen) atoms. The van der Waals surface area contributed by atoms with E-state index in [1.165, 1.54) is 55.2 Å². The largest absolute Gasteiger partial charge is 0.490 e. The van der Waals surface area contributed by atoms with E-state index < -0.39 is 0 Å². The van der Waals surface area contributed by atoms with E-state index in [0.29, 0.717) is 18.8 Å².